The van der Waals surface area contributed by atoms with Crippen molar-refractivity contribution in [3.63, 3.8) is 0 Å². The molecule has 0 atom stereocenters. The summed E-state index contributed by atoms with van der Waals surface area (Å²) in [5.74, 6) is 0.0262. The van der Waals surface area contributed by atoms with Gasteiger partial charge in [-0.1, -0.05) is 0 Å². The van der Waals surface area contributed by atoms with Crippen LogP contribution in [0.3, 0.4) is 0 Å². The predicted octanol–water partition coefficient (Wildman–Crippen LogP) is 4.95. The van der Waals surface area contributed by atoms with Crippen molar-refractivity contribution < 1.29 is 9.13 Å². The van der Waals surface area contributed by atoms with Crippen LogP contribution in [0.1, 0.15) is 35.6 Å². The molecule has 160 valence electrons. The molecule has 5 nitrogen and oxygen atoms in total. The van der Waals surface area contributed by atoms with Gasteiger partial charge in [0, 0.05) is 65.5 Å². The molecule has 0 bridgehead atoms. The second kappa shape index (κ2) is 7.57. The van der Waals surface area contributed by atoms with Crippen molar-refractivity contribution in [2.75, 3.05) is 13.2 Å². The molecule has 6 rings (SSSR count). The molecule has 2 aromatic carbocycles. The summed E-state index contributed by atoms with van der Waals surface area (Å²) in [6.07, 6.45) is 5.54. The van der Waals surface area contributed by atoms with Crippen molar-refractivity contribution in [2.24, 2.45) is 4.99 Å². The van der Waals surface area contributed by atoms with Gasteiger partial charge in [-0.15, -0.1) is 0 Å². The third-order valence-electron chi connectivity index (χ3n) is 6.52. The molecular weight excluding hydrogens is 405 g/mol. The molecule has 0 spiro atoms. The van der Waals surface area contributed by atoms with Crippen LogP contribution < -0.4 is 5.56 Å². The summed E-state index contributed by atoms with van der Waals surface area (Å²) >= 11 is 0. The first-order valence-electron chi connectivity index (χ1n) is 10.9. The second-order valence-electron chi connectivity index (χ2n) is 8.44. The Morgan fingerprint density at radius 2 is 1.88 bits per heavy atom. The summed E-state index contributed by atoms with van der Waals surface area (Å²) < 4.78 is 21.7. The topological polar surface area (TPSA) is 59.4 Å². The SMILES string of the molecule is O=c1ccc(-c2c(C3CCOCC3)n(-c3ccc(F)cc3)c3cc4c(cc23)CN=C4)c[nH]1. The Bertz CT molecular complexity index is 1390. The summed E-state index contributed by atoms with van der Waals surface area (Å²) in [5, 5.41) is 1.12. The number of hydrogen-bond donors (Lipinski definition) is 1. The maximum atomic E-state index is 13.8. The van der Waals surface area contributed by atoms with E-state index in [9.17, 15) is 9.18 Å². The van der Waals surface area contributed by atoms with Gasteiger partial charge in [-0.3, -0.25) is 9.79 Å². The summed E-state index contributed by atoms with van der Waals surface area (Å²) in [6.45, 7) is 2.10. The minimum atomic E-state index is -0.258. The smallest absolute Gasteiger partial charge is 0.247 e. The van der Waals surface area contributed by atoms with Crippen molar-refractivity contribution >= 4 is 17.1 Å². The minimum absolute atomic E-state index is 0.127. The molecule has 2 aliphatic heterocycles. The van der Waals surface area contributed by atoms with Gasteiger partial charge in [0.2, 0.25) is 5.56 Å². The molecule has 4 aromatic rings. The van der Waals surface area contributed by atoms with Gasteiger partial charge in [-0.05, 0) is 66.4 Å². The molecule has 0 aliphatic carbocycles. The number of aromatic amines is 1. The summed E-state index contributed by atoms with van der Waals surface area (Å²) in [7, 11) is 0. The fourth-order valence-electron chi connectivity index (χ4n) is 5.01. The van der Waals surface area contributed by atoms with Gasteiger partial charge in [-0.2, -0.15) is 0 Å². The Hall–Kier alpha value is -3.51. The number of fused-ring (bicyclic) bond motifs is 2. The average Bonchev–Trinajstić information content (AvgIpc) is 3.41. The first kappa shape index (κ1) is 19.2. The number of aromatic nitrogens is 2. The Balaban J connectivity index is 1.73. The number of benzene rings is 2. The lowest BCUT2D eigenvalue weighted by Crippen LogP contribution is -2.17. The number of hydrogen-bond acceptors (Lipinski definition) is 3. The lowest BCUT2D eigenvalue weighted by Gasteiger charge is -2.25. The van der Waals surface area contributed by atoms with Gasteiger partial charge < -0.3 is 14.3 Å². The number of ether oxygens (including phenoxy) is 1. The zero-order chi connectivity index (χ0) is 21.7. The van der Waals surface area contributed by atoms with Crippen LogP contribution in [-0.2, 0) is 11.3 Å². The number of nitrogens with zero attached hydrogens (tertiary/aromatic N) is 2. The van der Waals surface area contributed by atoms with Gasteiger partial charge in [0.05, 0.1) is 12.1 Å². The summed E-state index contributed by atoms with van der Waals surface area (Å²) in [5.41, 5.74) is 7.43. The van der Waals surface area contributed by atoms with Crippen LogP contribution in [0.5, 0.6) is 0 Å². The molecule has 2 aromatic heterocycles. The molecular formula is C26H22FN3O2. The molecule has 6 heteroatoms. The van der Waals surface area contributed by atoms with Gasteiger partial charge >= 0.3 is 0 Å². The molecule has 2 aliphatic rings. The van der Waals surface area contributed by atoms with Crippen LogP contribution in [0.4, 0.5) is 4.39 Å². The van der Waals surface area contributed by atoms with E-state index in [1.165, 1.54) is 23.4 Å². The van der Waals surface area contributed by atoms with E-state index >= 15 is 0 Å². The fourth-order valence-corrected chi connectivity index (χ4v) is 5.01. The monoisotopic (exact) mass is 427 g/mol. The lowest BCUT2D eigenvalue weighted by atomic mass is 9.90. The summed E-state index contributed by atoms with van der Waals surface area (Å²) in [4.78, 5) is 19.1. The first-order chi connectivity index (χ1) is 15.7. The van der Waals surface area contributed by atoms with Gasteiger partial charge in [-0.25, -0.2) is 4.39 Å². The standard InChI is InChI=1S/C26H22FN3O2/c27-20-2-4-21(5-3-20)30-23-12-19-14-28-13-18(19)11-22(23)25(17-1-6-24(31)29-15-17)26(30)16-7-9-32-10-8-16/h1-6,11-12,14-16H,7-10,13H2,(H,29,31). The zero-order valence-electron chi connectivity index (χ0n) is 17.5. The van der Waals surface area contributed by atoms with Crippen molar-refractivity contribution in [1.82, 2.24) is 9.55 Å². The summed E-state index contributed by atoms with van der Waals surface area (Å²) in [6, 6.07) is 14.5. The normalized spacial score (nSPS) is 16.0. The molecule has 4 heterocycles. The van der Waals surface area contributed by atoms with Crippen LogP contribution in [0.15, 0.2) is 64.5 Å². The van der Waals surface area contributed by atoms with E-state index in [4.69, 9.17) is 4.74 Å². The van der Waals surface area contributed by atoms with Crippen LogP contribution in [0.25, 0.3) is 27.7 Å². The number of rotatable bonds is 3. The maximum Gasteiger partial charge on any atom is 0.247 e. The maximum absolute atomic E-state index is 13.8. The minimum Gasteiger partial charge on any atom is -0.381 e. The molecule has 0 saturated carbocycles. The van der Waals surface area contributed by atoms with Crippen LogP contribution in [0, 0.1) is 5.82 Å². The average molecular weight is 427 g/mol. The van der Waals surface area contributed by atoms with Crippen LogP contribution in [-0.4, -0.2) is 29.0 Å². The van der Waals surface area contributed by atoms with E-state index in [-0.39, 0.29) is 17.3 Å². The van der Waals surface area contributed by atoms with Crippen molar-refractivity contribution in [3.05, 3.63) is 87.7 Å². The van der Waals surface area contributed by atoms with E-state index in [1.54, 1.807) is 12.3 Å². The highest BCUT2D eigenvalue weighted by Crippen LogP contribution is 2.44. The molecule has 1 saturated heterocycles. The molecule has 0 radical (unpaired) electrons. The van der Waals surface area contributed by atoms with Gasteiger partial charge in [0.25, 0.3) is 0 Å². The van der Waals surface area contributed by atoms with Crippen molar-refractivity contribution in [2.45, 2.75) is 25.3 Å². The highest BCUT2D eigenvalue weighted by atomic mass is 19.1. The lowest BCUT2D eigenvalue weighted by molar-refractivity contribution is 0.0843. The van der Waals surface area contributed by atoms with Crippen LogP contribution in [0.2, 0.25) is 0 Å². The van der Waals surface area contributed by atoms with Crippen molar-refractivity contribution in [3.8, 4) is 16.8 Å². The molecule has 32 heavy (non-hydrogen) atoms. The van der Waals surface area contributed by atoms with Crippen molar-refractivity contribution in [1.29, 1.82) is 0 Å². The molecule has 1 N–H and O–H groups in total. The molecule has 1 fully saturated rings. The Labute approximate surface area is 184 Å². The van der Waals surface area contributed by atoms with E-state index in [0.717, 1.165) is 46.1 Å². The quantitative estimate of drug-likeness (QED) is 0.503. The first-order valence-corrected chi connectivity index (χ1v) is 10.9. The van der Waals surface area contributed by atoms with Crippen LogP contribution >= 0.6 is 0 Å². The van der Waals surface area contributed by atoms with E-state index in [1.807, 2.05) is 24.4 Å². The highest BCUT2D eigenvalue weighted by molar-refractivity contribution is 6.03. The molecule has 0 unspecified atom stereocenters. The third-order valence-corrected chi connectivity index (χ3v) is 6.52. The Morgan fingerprint density at radius 1 is 1.06 bits per heavy atom. The fraction of sp³-hybridized carbons (Fsp3) is 0.231. The largest absolute Gasteiger partial charge is 0.381 e. The van der Waals surface area contributed by atoms with E-state index in [0.29, 0.717) is 19.8 Å². The van der Waals surface area contributed by atoms with Gasteiger partial charge in [0.15, 0.2) is 0 Å². The number of nitrogens with one attached hydrogen (secondary N) is 1. The highest BCUT2D eigenvalue weighted by Gasteiger charge is 2.28. The number of halogens is 1. The van der Waals surface area contributed by atoms with Gasteiger partial charge in [0.1, 0.15) is 5.82 Å². The zero-order valence-corrected chi connectivity index (χ0v) is 17.5. The third kappa shape index (κ3) is 3.10. The Morgan fingerprint density at radius 3 is 2.62 bits per heavy atom. The molecule has 0 amide bonds. The number of H-pyrrole nitrogens is 1. The predicted molar refractivity (Wildman–Crippen MR) is 123 cm³/mol. The van der Waals surface area contributed by atoms with E-state index in [2.05, 4.69) is 26.7 Å². The van der Waals surface area contributed by atoms with E-state index < -0.39 is 0 Å². The second-order valence-corrected chi connectivity index (χ2v) is 8.44. The number of pyridine rings is 1. The Kier molecular flexibility index (Phi) is 4.54. The number of aliphatic imine (C=N–C) groups is 1.